The minimum Gasteiger partial charge on any atom is -0.497 e. The summed E-state index contributed by atoms with van der Waals surface area (Å²) in [5, 5.41) is 0. The highest BCUT2D eigenvalue weighted by molar-refractivity contribution is 6.02. The van der Waals surface area contributed by atoms with E-state index in [0.29, 0.717) is 0 Å². The van der Waals surface area contributed by atoms with E-state index >= 15 is 0 Å². The summed E-state index contributed by atoms with van der Waals surface area (Å²) in [4.78, 5) is 6.84. The van der Waals surface area contributed by atoms with Gasteiger partial charge in [0.15, 0.2) is 0 Å². The lowest BCUT2D eigenvalue weighted by Gasteiger charge is -2.31. The second-order valence-electron chi connectivity index (χ2n) is 5.59. The van der Waals surface area contributed by atoms with Gasteiger partial charge in [0.05, 0.1) is 7.11 Å². The normalized spacial score (nSPS) is 15.3. The van der Waals surface area contributed by atoms with E-state index in [-0.39, 0.29) is 0 Å². The monoisotopic (exact) mass is 319 g/mol. The number of nitrogens with zero attached hydrogens (tertiary/aromatic N) is 2. The molecule has 0 aromatic rings. The molecule has 1 fully saturated rings. The number of ether oxygens (including phenoxy) is 1. The fraction of sp³-hybridized carbons (Fsp3) is 0.526. The van der Waals surface area contributed by atoms with Gasteiger partial charge in [0.1, 0.15) is 11.6 Å². The van der Waals surface area contributed by atoms with Gasteiger partial charge in [-0.05, 0) is 64.3 Å². The maximum absolute atomic E-state index is 5.47. The molecule has 0 unspecified atom stereocenters. The lowest BCUT2D eigenvalue weighted by atomic mass is 10.0. The first-order valence-electron chi connectivity index (χ1n) is 8.12. The molecule has 23 heavy (non-hydrogen) atoms. The molecule has 4 nitrogen and oxygen atoms in total. The minimum absolute atomic E-state index is 0.863. The van der Waals surface area contributed by atoms with Crippen molar-refractivity contribution in [2.75, 3.05) is 27.2 Å². The number of piperidine rings is 1. The Balaban J connectivity index is 0.00000232. The third-order valence-electron chi connectivity index (χ3n) is 3.56. The summed E-state index contributed by atoms with van der Waals surface area (Å²) in [5.41, 5.74) is 7.64. The van der Waals surface area contributed by atoms with Crippen LogP contribution in [0.15, 0.2) is 52.9 Å². The standard InChI is InChI=1S/C18H28N2O.CH5N/c1-7-19-18(20-11-9-8-10-12-20)16(14(2)3)13-17(21-6)15(4)5;1-2/h7,13H,1-2,8-12H2,3-6H3;2H2,1H3/b16-13+,19-18?;. The molecule has 0 spiro atoms. The third-order valence-corrected chi connectivity index (χ3v) is 3.56. The predicted molar refractivity (Wildman–Crippen MR) is 101 cm³/mol. The molecule has 0 aliphatic carbocycles. The fourth-order valence-electron chi connectivity index (χ4n) is 2.43. The van der Waals surface area contributed by atoms with E-state index in [4.69, 9.17) is 4.74 Å². The van der Waals surface area contributed by atoms with Gasteiger partial charge in [0.25, 0.3) is 0 Å². The van der Waals surface area contributed by atoms with Crippen LogP contribution in [0.25, 0.3) is 0 Å². The summed E-state index contributed by atoms with van der Waals surface area (Å²) in [6, 6.07) is 0. The van der Waals surface area contributed by atoms with Crippen LogP contribution in [0, 0.1) is 0 Å². The van der Waals surface area contributed by atoms with Crippen molar-refractivity contribution in [2.45, 2.75) is 40.0 Å². The van der Waals surface area contributed by atoms with Crippen molar-refractivity contribution in [1.29, 1.82) is 0 Å². The molecule has 2 N–H and O–H groups in total. The van der Waals surface area contributed by atoms with E-state index in [0.717, 1.165) is 41.4 Å². The number of aliphatic imine (C=N–C) groups is 1. The van der Waals surface area contributed by atoms with Crippen molar-refractivity contribution in [2.24, 2.45) is 10.7 Å². The zero-order valence-corrected chi connectivity index (χ0v) is 15.5. The first-order chi connectivity index (χ1) is 11.0. The van der Waals surface area contributed by atoms with Gasteiger partial charge in [-0.25, -0.2) is 4.99 Å². The summed E-state index contributed by atoms with van der Waals surface area (Å²) >= 11 is 0. The quantitative estimate of drug-likeness (QED) is 0.360. The zero-order valence-electron chi connectivity index (χ0n) is 15.5. The second-order valence-corrected chi connectivity index (χ2v) is 5.59. The number of rotatable bonds is 5. The van der Waals surface area contributed by atoms with Crippen LogP contribution in [0.3, 0.4) is 0 Å². The Kier molecular flexibility index (Phi) is 10.8. The maximum Gasteiger partial charge on any atom is 0.136 e. The van der Waals surface area contributed by atoms with E-state index in [2.05, 4.69) is 28.8 Å². The maximum atomic E-state index is 5.47. The molecule has 4 heteroatoms. The number of hydrogen-bond donors (Lipinski definition) is 1. The molecule has 1 aliphatic rings. The van der Waals surface area contributed by atoms with E-state index < -0.39 is 0 Å². The van der Waals surface area contributed by atoms with E-state index in [9.17, 15) is 0 Å². The van der Waals surface area contributed by atoms with Crippen LogP contribution < -0.4 is 5.73 Å². The van der Waals surface area contributed by atoms with Crippen LogP contribution in [0.4, 0.5) is 0 Å². The van der Waals surface area contributed by atoms with Crippen molar-refractivity contribution in [3.05, 3.63) is 47.9 Å². The third kappa shape index (κ3) is 6.87. The first kappa shape index (κ1) is 21.2. The van der Waals surface area contributed by atoms with Crippen LogP contribution >= 0.6 is 0 Å². The first-order valence-corrected chi connectivity index (χ1v) is 8.12. The Labute approximate surface area is 142 Å². The number of hydrogen-bond acceptors (Lipinski definition) is 3. The van der Waals surface area contributed by atoms with Gasteiger partial charge in [-0.15, -0.1) is 0 Å². The molecule has 0 amide bonds. The van der Waals surface area contributed by atoms with Crippen LogP contribution in [0.2, 0.25) is 0 Å². The number of allylic oxidation sites excluding steroid dienone is 2. The fourth-order valence-corrected chi connectivity index (χ4v) is 2.43. The average Bonchev–Trinajstić information content (AvgIpc) is 2.56. The number of likely N-dealkylation sites (tertiary alicyclic amines) is 1. The van der Waals surface area contributed by atoms with Crippen LogP contribution in [0.5, 0.6) is 0 Å². The number of nitrogens with two attached hydrogens (primary N) is 1. The molecule has 0 radical (unpaired) electrons. The molecule has 0 atom stereocenters. The predicted octanol–water partition coefficient (Wildman–Crippen LogP) is 4.03. The molecular formula is C19H33N3O. The molecule has 1 aliphatic heterocycles. The number of amidine groups is 1. The summed E-state index contributed by atoms with van der Waals surface area (Å²) < 4.78 is 5.47. The van der Waals surface area contributed by atoms with Gasteiger partial charge < -0.3 is 15.4 Å². The van der Waals surface area contributed by atoms with E-state index in [1.165, 1.54) is 26.3 Å². The average molecular weight is 319 g/mol. The second kappa shape index (κ2) is 11.7. The van der Waals surface area contributed by atoms with E-state index in [1.54, 1.807) is 13.3 Å². The van der Waals surface area contributed by atoms with Gasteiger partial charge in [-0.3, -0.25) is 0 Å². The highest BCUT2D eigenvalue weighted by Gasteiger charge is 2.19. The van der Waals surface area contributed by atoms with Gasteiger partial charge in [0.2, 0.25) is 0 Å². The lowest BCUT2D eigenvalue weighted by Crippen LogP contribution is -2.37. The summed E-state index contributed by atoms with van der Waals surface area (Å²) in [6.45, 7) is 16.0. The number of methoxy groups -OCH3 is 1. The Hall–Kier alpha value is -1.81. The Morgan fingerprint density at radius 3 is 2.09 bits per heavy atom. The Bertz CT molecular complexity index is 477. The lowest BCUT2D eigenvalue weighted by molar-refractivity contribution is 0.302. The van der Waals surface area contributed by atoms with Crippen molar-refractivity contribution in [1.82, 2.24) is 4.90 Å². The molecule has 1 rings (SSSR count). The van der Waals surface area contributed by atoms with Crippen molar-refractivity contribution >= 4 is 5.84 Å². The van der Waals surface area contributed by atoms with Gasteiger partial charge in [-0.2, -0.15) is 0 Å². The van der Waals surface area contributed by atoms with Gasteiger partial charge in [0, 0.05) is 24.9 Å². The SMILES string of the molecule is C=CN=C(/C(=C/C(OC)=C(C)C)C(=C)C)N1CCCCC1.CN. The molecular weight excluding hydrogens is 286 g/mol. The van der Waals surface area contributed by atoms with E-state index in [1.807, 2.05) is 26.8 Å². The Morgan fingerprint density at radius 1 is 1.13 bits per heavy atom. The molecule has 0 bridgehead atoms. The molecule has 1 saturated heterocycles. The molecule has 0 aromatic carbocycles. The Morgan fingerprint density at radius 2 is 1.70 bits per heavy atom. The van der Waals surface area contributed by atoms with Gasteiger partial charge >= 0.3 is 0 Å². The summed E-state index contributed by atoms with van der Waals surface area (Å²) in [6.07, 6.45) is 7.35. The summed E-state index contributed by atoms with van der Waals surface area (Å²) in [5.74, 6) is 1.81. The van der Waals surface area contributed by atoms with Crippen LogP contribution in [0.1, 0.15) is 40.0 Å². The topological polar surface area (TPSA) is 50.8 Å². The van der Waals surface area contributed by atoms with Crippen molar-refractivity contribution in [3.63, 3.8) is 0 Å². The molecule has 0 saturated carbocycles. The molecule has 130 valence electrons. The van der Waals surface area contributed by atoms with Crippen LogP contribution in [-0.2, 0) is 4.74 Å². The molecule has 1 heterocycles. The van der Waals surface area contributed by atoms with Crippen molar-refractivity contribution < 1.29 is 4.74 Å². The molecule has 0 aromatic heterocycles. The highest BCUT2D eigenvalue weighted by Crippen LogP contribution is 2.21. The van der Waals surface area contributed by atoms with Crippen LogP contribution in [-0.4, -0.2) is 38.0 Å². The van der Waals surface area contributed by atoms with Crippen molar-refractivity contribution in [3.8, 4) is 0 Å². The zero-order chi connectivity index (χ0) is 17.8. The minimum atomic E-state index is 0.863. The largest absolute Gasteiger partial charge is 0.497 e. The van der Waals surface area contributed by atoms with Gasteiger partial charge in [-0.1, -0.05) is 13.2 Å². The smallest absolute Gasteiger partial charge is 0.136 e. The summed E-state index contributed by atoms with van der Waals surface area (Å²) in [7, 11) is 3.19. The highest BCUT2D eigenvalue weighted by atomic mass is 16.5.